The van der Waals surface area contributed by atoms with Gasteiger partial charge in [0.15, 0.2) is 0 Å². The Balaban J connectivity index is 2.48. The van der Waals surface area contributed by atoms with Crippen molar-refractivity contribution in [1.82, 2.24) is 4.81 Å². The molecule has 1 fully saturated rings. The van der Waals surface area contributed by atoms with Crippen LogP contribution < -0.4 is 5.73 Å². The summed E-state index contributed by atoms with van der Waals surface area (Å²) in [6, 6.07) is 0.0687. The molecule has 0 aromatic carbocycles. The second-order valence-corrected chi connectivity index (χ2v) is 5.83. The van der Waals surface area contributed by atoms with Crippen LogP contribution in [0, 0.1) is 5.41 Å². The van der Waals surface area contributed by atoms with Crippen molar-refractivity contribution < 1.29 is 14.6 Å². The van der Waals surface area contributed by atoms with Crippen molar-refractivity contribution in [3.8, 4) is 0 Å². The Labute approximate surface area is 103 Å². The lowest BCUT2D eigenvalue weighted by atomic mass is 9.84. The van der Waals surface area contributed by atoms with Gasteiger partial charge in [0.2, 0.25) is 0 Å². The van der Waals surface area contributed by atoms with Gasteiger partial charge in [0.1, 0.15) is 6.61 Å². The molecule has 98 valence electrons. The highest BCUT2D eigenvalue weighted by Crippen LogP contribution is 2.20. The van der Waals surface area contributed by atoms with E-state index in [4.69, 9.17) is 10.5 Å². The molecule has 6 heteroatoms. The molecule has 0 radical (unpaired) electrons. The SMILES string of the molecule is CB(O)N1C[C@H](N)C[C@@H]1COC(=O)C(C)(C)C. The molecule has 3 N–H and O–H groups in total. The van der Waals surface area contributed by atoms with E-state index in [9.17, 15) is 9.82 Å². The lowest BCUT2D eigenvalue weighted by Crippen LogP contribution is -2.44. The zero-order chi connectivity index (χ0) is 13.2. The van der Waals surface area contributed by atoms with Crippen LogP contribution in [0.25, 0.3) is 0 Å². The van der Waals surface area contributed by atoms with Gasteiger partial charge in [-0.25, -0.2) is 0 Å². The van der Waals surface area contributed by atoms with Gasteiger partial charge in [0.05, 0.1) is 5.41 Å². The van der Waals surface area contributed by atoms with Crippen molar-refractivity contribution in [2.75, 3.05) is 13.2 Å². The summed E-state index contributed by atoms with van der Waals surface area (Å²) in [6.45, 7) is 8.12. The van der Waals surface area contributed by atoms with E-state index in [0.29, 0.717) is 13.2 Å². The number of rotatable bonds is 3. The van der Waals surface area contributed by atoms with Crippen LogP contribution in [-0.2, 0) is 9.53 Å². The number of carbonyl (C=O) groups excluding carboxylic acids is 1. The molecule has 17 heavy (non-hydrogen) atoms. The van der Waals surface area contributed by atoms with E-state index < -0.39 is 12.5 Å². The summed E-state index contributed by atoms with van der Waals surface area (Å²) < 4.78 is 5.27. The molecule has 0 aromatic rings. The van der Waals surface area contributed by atoms with Crippen LogP contribution in [0.4, 0.5) is 0 Å². The molecule has 2 atom stereocenters. The van der Waals surface area contributed by atoms with Gasteiger partial charge in [-0.05, 0) is 34.0 Å². The topological polar surface area (TPSA) is 75.8 Å². The fourth-order valence-corrected chi connectivity index (χ4v) is 1.99. The Morgan fingerprint density at radius 3 is 2.65 bits per heavy atom. The van der Waals surface area contributed by atoms with Crippen LogP contribution in [0.2, 0.25) is 6.82 Å². The van der Waals surface area contributed by atoms with E-state index in [1.54, 1.807) is 6.82 Å². The maximum Gasteiger partial charge on any atom is 0.376 e. The van der Waals surface area contributed by atoms with Gasteiger partial charge in [-0.3, -0.25) is 4.79 Å². The first kappa shape index (κ1) is 14.5. The van der Waals surface area contributed by atoms with Crippen LogP contribution in [0.1, 0.15) is 27.2 Å². The highest BCUT2D eigenvalue weighted by Gasteiger charge is 2.35. The van der Waals surface area contributed by atoms with Gasteiger partial charge < -0.3 is 20.3 Å². The Bertz CT molecular complexity index is 278. The van der Waals surface area contributed by atoms with E-state index >= 15 is 0 Å². The molecule has 0 unspecified atom stereocenters. The second kappa shape index (κ2) is 5.37. The quantitative estimate of drug-likeness (QED) is 0.541. The summed E-state index contributed by atoms with van der Waals surface area (Å²) in [5, 5.41) is 9.60. The fourth-order valence-electron chi connectivity index (χ4n) is 1.99. The van der Waals surface area contributed by atoms with Crippen LogP contribution >= 0.6 is 0 Å². The summed E-state index contributed by atoms with van der Waals surface area (Å²) in [4.78, 5) is 13.5. The summed E-state index contributed by atoms with van der Waals surface area (Å²) >= 11 is 0. The van der Waals surface area contributed by atoms with Crippen molar-refractivity contribution in [2.24, 2.45) is 11.1 Å². The number of nitrogens with zero attached hydrogens (tertiary/aromatic N) is 1. The Hall–Kier alpha value is -0.585. The smallest absolute Gasteiger partial charge is 0.376 e. The maximum atomic E-state index is 11.6. The molecule has 0 aromatic heterocycles. The molecule has 1 aliphatic heterocycles. The average Bonchev–Trinajstić information content (AvgIpc) is 2.54. The second-order valence-electron chi connectivity index (χ2n) is 5.83. The lowest BCUT2D eigenvalue weighted by Gasteiger charge is -2.26. The highest BCUT2D eigenvalue weighted by molar-refractivity contribution is 6.45. The molecular formula is C11H23BN2O3. The molecule has 0 spiro atoms. The Kier molecular flexibility index (Phi) is 4.58. The first-order chi connectivity index (χ1) is 7.71. The molecule has 0 aliphatic carbocycles. The minimum Gasteiger partial charge on any atom is -0.464 e. The predicted octanol–water partition coefficient (Wildman–Crippen LogP) is 0.0876. The van der Waals surface area contributed by atoms with Crippen molar-refractivity contribution in [2.45, 2.75) is 46.1 Å². The summed E-state index contributed by atoms with van der Waals surface area (Å²) in [5.41, 5.74) is 5.36. The lowest BCUT2D eigenvalue weighted by molar-refractivity contribution is -0.154. The molecule has 1 heterocycles. The molecular weight excluding hydrogens is 219 g/mol. The largest absolute Gasteiger partial charge is 0.464 e. The predicted molar refractivity (Wildman–Crippen MR) is 67.3 cm³/mol. The number of carbonyl (C=O) groups is 1. The normalized spacial score (nSPS) is 26.0. The van der Waals surface area contributed by atoms with Crippen LogP contribution in [0.5, 0.6) is 0 Å². The van der Waals surface area contributed by atoms with E-state index in [1.165, 1.54) is 0 Å². The van der Waals surface area contributed by atoms with Gasteiger partial charge in [0.25, 0.3) is 0 Å². The van der Waals surface area contributed by atoms with Gasteiger partial charge in [-0.15, -0.1) is 0 Å². The number of hydrogen-bond acceptors (Lipinski definition) is 5. The number of esters is 1. The van der Waals surface area contributed by atoms with Crippen LogP contribution in [0.15, 0.2) is 0 Å². The highest BCUT2D eigenvalue weighted by atomic mass is 16.5. The zero-order valence-electron chi connectivity index (χ0n) is 11.1. The minimum atomic E-state index is -0.554. The number of hydrogen-bond donors (Lipinski definition) is 2. The molecule has 0 amide bonds. The van der Waals surface area contributed by atoms with Crippen molar-refractivity contribution in [1.29, 1.82) is 0 Å². The Morgan fingerprint density at radius 2 is 2.18 bits per heavy atom. The zero-order valence-corrected chi connectivity index (χ0v) is 11.1. The van der Waals surface area contributed by atoms with E-state index in [2.05, 4.69) is 0 Å². The molecule has 1 aliphatic rings. The van der Waals surface area contributed by atoms with Crippen LogP contribution in [0.3, 0.4) is 0 Å². The number of ether oxygens (including phenoxy) is 1. The van der Waals surface area contributed by atoms with Gasteiger partial charge in [-0.1, -0.05) is 0 Å². The molecule has 5 nitrogen and oxygen atoms in total. The monoisotopic (exact) mass is 242 g/mol. The van der Waals surface area contributed by atoms with Crippen LogP contribution in [-0.4, -0.2) is 48.1 Å². The molecule has 0 saturated carbocycles. The average molecular weight is 242 g/mol. The third-order valence-electron chi connectivity index (χ3n) is 2.99. The van der Waals surface area contributed by atoms with Crippen molar-refractivity contribution in [3.05, 3.63) is 0 Å². The summed E-state index contributed by atoms with van der Waals surface area (Å²) in [7, 11) is -0.554. The van der Waals surface area contributed by atoms with Gasteiger partial charge >= 0.3 is 13.0 Å². The molecule has 1 rings (SSSR count). The maximum absolute atomic E-state index is 11.6. The van der Waals surface area contributed by atoms with E-state index in [0.717, 1.165) is 6.42 Å². The third kappa shape index (κ3) is 3.98. The van der Waals surface area contributed by atoms with E-state index in [1.807, 2.05) is 25.6 Å². The third-order valence-corrected chi connectivity index (χ3v) is 2.99. The Morgan fingerprint density at radius 1 is 1.59 bits per heavy atom. The number of nitrogens with two attached hydrogens (primary N) is 1. The first-order valence-electron chi connectivity index (χ1n) is 6.08. The summed E-state index contributed by atoms with van der Waals surface area (Å²) in [5.74, 6) is -0.219. The molecule has 1 saturated heterocycles. The fraction of sp³-hybridized carbons (Fsp3) is 0.909. The standard InChI is InChI=1S/C11H23BN2O3/c1-11(2,3)10(15)17-7-9-5-8(13)6-14(9)12(4)16/h8-9,16H,5-7,13H2,1-4H3/t8-,9-/m1/s1. The minimum absolute atomic E-state index is 0.0244. The summed E-state index contributed by atoms with van der Waals surface area (Å²) in [6.07, 6.45) is 0.752. The van der Waals surface area contributed by atoms with Gasteiger partial charge in [-0.2, -0.15) is 0 Å². The molecule has 0 bridgehead atoms. The van der Waals surface area contributed by atoms with Crippen molar-refractivity contribution in [3.63, 3.8) is 0 Å². The van der Waals surface area contributed by atoms with Crippen molar-refractivity contribution >= 4 is 13.0 Å². The van der Waals surface area contributed by atoms with Gasteiger partial charge in [0, 0.05) is 18.6 Å². The van der Waals surface area contributed by atoms with E-state index in [-0.39, 0.29) is 18.1 Å². The first-order valence-corrected chi connectivity index (χ1v) is 6.08.